The summed E-state index contributed by atoms with van der Waals surface area (Å²) in [6.45, 7) is 1.71. The fourth-order valence-corrected chi connectivity index (χ4v) is 2.00. The van der Waals surface area contributed by atoms with Gasteiger partial charge in [0.1, 0.15) is 6.07 Å². The number of amides is 1. The number of nitro benzene ring substituents is 1. The molecule has 0 spiro atoms. The molecule has 0 aliphatic rings. The third-order valence-corrected chi connectivity index (χ3v) is 3.51. The van der Waals surface area contributed by atoms with Gasteiger partial charge in [0.2, 0.25) is 0 Å². The van der Waals surface area contributed by atoms with E-state index in [0.29, 0.717) is 5.69 Å². The Hall–Kier alpha value is -2.92. The Kier molecular flexibility index (Phi) is 4.10. The molecule has 1 amide bonds. The van der Waals surface area contributed by atoms with Crippen LogP contribution in [0.4, 0.5) is 11.4 Å². The van der Waals surface area contributed by atoms with Gasteiger partial charge in [-0.15, -0.1) is 0 Å². The van der Waals surface area contributed by atoms with Crippen LogP contribution >= 0.6 is 11.6 Å². The summed E-state index contributed by atoms with van der Waals surface area (Å²) in [6.07, 6.45) is 0. The number of benzene rings is 1. The number of rotatable bonds is 3. The van der Waals surface area contributed by atoms with Gasteiger partial charge in [0.15, 0.2) is 5.69 Å². The zero-order chi connectivity index (χ0) is 16.4. The van der Waals surface area contributed by atoms with Crippen LogP contribution in [0.5, 0.6) is 0 Å². The molecule has 0 aliphatic carbocycles. The number of aromatic nitrogens is 2. The van der Waals surface area contributed by atoms with Crippen LogP contribution in [0.3, 0.4) is 0 Å². The molecular weight excluding hydrogens is 310 g/mol. The topological polar surface area (TPSA) is 114 Å². The first-order valence-electron chi connectivity index (χ1n) is 6.04. The van der Waals surface area contributed by atoms with Crippen LogP contribution in [0.25, 0.3) is 0 Å². The number of hydrogen-bond donors (Lipinski definition) is 1. The molecule has 0 fully saturated rings. The number of nitrogens with zero attached hydrogens (tertiary/aromatic N) is 4. The molecule has 2 rings (SSSR count). The number of non-ortho nitro benzene ring substituents is 1. The molecule has 2 aromatic rings. The molecule has 0 unspecified atom stereocenters. The minimum absolute atomic E-state index is 0.0175. The fraction of sp³-hybridized carbons (Fsp3) is 0.154. The average molecular weight is 320 g/mol. The van der Waals surface area contributed by atoms with Crippen molar-refractivity contribution in [2.75, 3.05) is 5.32 Å². The Labute approximate surface area is 130 Å². The smallest absolute Gasteiger partial charge is 0.277 e. The lowest BCUT2D eigenvalue weighted by Crippen LogP contribution is -2.14. The highest BCUT2D eigenvalue weighted by atomic mass is 35.5. The van der Waals surface area contributed by atoms with Crippen LogP contribution in [0.2, 0.25) is 5.02 Å². The molecule has 1 aromatic carbocycles. The van der Waals surface area contributed by atoms with E-state index in [0.717, 1.165) is 6.07 Å². The predicted molar refractivity (Wildman–Crippen MR) is 78.7 cm³/mol. The van der Waals surface area contributed by atoms with E-state index in [1.807, 2.05) is 0 Å². The van der Waals surface area contributed by atoms with Gasteiger partial charge in [0.05, 0.1) is 26.9 Å². The van der Waals surface area contributed by atoms with Crippen molar-refractivity contribution < 1.29 is 9.72 Å². The quantitative estimate of drug-likeness (QED) is 0.689. The number of hydrogen-bond acceptors (Lipinski definition) is 5. The lowest BCUT2D eigenvalue weighted by molar-refractivity contribution is -0.384. The van der Waals surface area contributed by atoms with E-state index in [9.17, 15) is 14.9 Å². The molecule has 0 aliphatic heterocycles. The van der Waals surface area contributed by atoms with Gasteiger partial charge < -0.3 is 5.32 Å². The largest absolute Gasteiger partial charge is 0.319 e. The van der Waals surface area contributed by atoms with Crippen LogP contribution in [-0.2, 0) is 7.05 Å². The van der Waals surface area contributed by atoms with Gasteiger partial charge in [0, 0.05) is 19.2 Å². The van der Waals surface area contributed by atoms with E-state index < -0.39 is 10.8 Å². The van der Waals surface area contributed by atoms with Crippen molar-refractivity contribution in [3.63, 3.8) is 0 Å². The average Bonchev–Trinajstić information content (AvgIpc) is 2.75. The Morgan fingerprint density at radius 1 is 1.55 bits per heavy atom. The predicted octanol–water partition coefficient (Wildman–Crippen LogP) is 2.41. The van der Waals surface area contributed by atoms with Crippen molar-refractivity contribution in [2.45, 2.75) is 6.92 Å². The summed E-state index contributed by atoms with van der Waals surface area (Å²) in [7, 11) is 1.64. The number of carbonyl (C=O) groups is 1. The lowest BCUT2D eigenvalue weighted by atomic mass is 10.1. The molecule has 1 N–H and O–H groups in total. The fourth-order valence-electron chi connectivity index (χ4n) is 1.76. The molecule has 0 atom stereocenters. The third kappa shape index (κ3) is 2.75. The van der Waals surface area contributed by atoms with Crippen molar-refractivity contribution in [3.8, 4) is 6.07 Å². The van der Waals surface area contributed by atoms with Crippen LogP contribution in [0.15, 0.2) is 18.2 Å². The van der Waals surface area contributed by atoms with Crippen LogP contribution < -0.4 is 5.32 Å². The number of nitriles is 1. The molecule has 0 saturated heterocycles. The number of anilines is 1. The molecule has 0 saturated carbocycles. The maximum absolute atomic E-state index is 12.2. The zero-order valence-corrected chi connectivity index (χ0v) is 12.4. The standard InChI is InChI=1S/C13H10ClN5O3/c1-7-11(14)12(17-18(7)2)13(20)16-10-4-3-9(19(21)22)5-8(10)6-15/h3-5H,1-2H3,(H,16,20). The Morgan fingerprint density at radius 3 is 2.73 bits per heavy atom. The van der Waals surface area contributed by atoms with E-state index in [-0.39, 0.29) is 27.7 Å². The van der Waals surface area contributed by atoms with Crippen molar-refractivity contribution in [1.82, 2.24) is 9.78 Å². The van der Waals surface area contributed by atoms with Gasteiger partial charge in [0.25, 0.3) is 11.6 Å². The van der Waals surface area contributed by atoms with Crippen molar-refractivity contribution >= 4 is 28.9 Å². The maximum atomic E-state index is 12.2. The van der Waals surface area contributed by atoms with E-state index >= 15 is 0 Å². The molecule has 0 bridgehead atoms. The lowest BCUT2D eigenvalue weighted by Gasteiger charge is -2.05. The third-order valence-electron chi connectivity index (χ3n) is 3.06. The first kappa shape index (κ1) is 15.5. The summed E-state index contributed by atoms with van der Waals surface area (Å²) in [5, 5.41) is 26.4. The molecule has 9 heteroatoms. The van der Waals surface area contributed by atoms with E-state index in [1.165, 1.54) is 16.8 Å². The number of aryl methyl sites for hydroxylation is 1. The zero-order valence-electron chi connectivity index (χ0n) is 11.6. The Balaban J connectivity index is 2.34. The summed E-state index contributed by atoms with van der Waals surface area (Å²) in [5.74, 6) is -0.598. The van der Waals surface area contributed by atoms with E-state index in [1.54, 1.807) is 20.0 Å². The summed E-state index contributed by atoms with van der Waals surface area (Å²) >= 11 is 6.02. The van der Waals surface area contributed by atoms with Gasteiger partial charge in [-0.25, -0.2) is 0 Å². The molecule has 112 valence electrons. The number of nitrogens with one attached hydrogen (secondary N) is 1. The normalized spacial score (nSPS) is 10.1. The van der Waals surface area contributed by atoms with Crippen molar-refractivity contribution in [2.24, 2.45) is 7.05 Å². The summed E-state index contributed by atoms with van der Waals surface area (Å²) in [5.41, 5.74) is 0.532. The van der Waals surface area contributed by atoms with Gasteiger partial charge >= 0.3 is 0 Å². The minimum Gasteiger partial charge on any atom is -0.319 e. The molecule has 8 nitrogen and oxygen atoms in total. The van der Waals surface area contributed by atoms with Crippen LogP contribution in [0, 0.1) is 28.4 Å². The highest BCUT2D eigenvalue weighted by Gasteiger charge is 2.20. The monoisotopic (exact) mass is 319 g/mol. The SMILES string of the molecule is Cc1c(Cl)c(C(=O)Nc2ccc([N+](=O)[O-])cc2C#N)nn1C. The van der Waals surface area contributed by atoms with E-state index in [2.05, 4.69) is 10.4 Å². The first-order valence-corrected chi connectivity index (χ1v) is 6.42. The Morgan fingerprint density at radius 2 is 2.23 bits per heavy atom. The van der Waals surface area contributed by atoms with Crippen molar-refractivity contribution in [3.05, 3.63) is 50.3 Å². The number of carbonyl (C=O) groups excluding carboxylic acids is 1. The molecule has 1 heterocycles. The van der Waals surface area contributed by atoms with Crippen LogP contribution in [-0.4, -0.2) is 20.6 Å². The summed E-state index contributed by atoms with van der Waals surface area (Å²) in [4.78, 5) is 22.2. The van der Waals surface area contributed by atoms with Crippen LogP contribution in [0.1, 0.15) is 21.7 Å². The van der Waals surface area contributed by atoms with Crippen molar-refractivity contribution in [1.29, 1.82) is 5.26 Å². The highest BCUT2D eigenvalue weighted by Crippen LogP contribution is 2.24. The van der Waals surface area contributed by atoms with Gasteiger partial charge in [-0.1, -0.05) is 11.6 Å². The van der Waals surface area contributed by atoms with Gasteiger partial charge in [-0.2, -0.15) is 10.4 Å². The molecule has 1 aromatic heterocycles. The second-order valence-corrected chi connectivity index (χ2v) is 4.80. The maximum Gasteiger partial charge on any atom is 0.277 e. The molecular formula is C13H10ClN5O3. The van der Waals surface area contributed by atoms with E-state index in [4.69, 9.17) is 16.9 Å². The first-order chi connectivity index (χ1) is 10.3. The summed E-state index contributed by atoms with van der Waals surface area (Å²) < 4.78 is 1.46. The molecule has 0 radical (unpaired) electrons. The second-order valence-electron chi connectivity index (χ2n) is 4.42. The van der Waals surface area contributed by atoms with Gasteiger partial charge in [-0.3, -0.25) is 19.6 Å². The highest BCUT2D eigenvalue weighted by molar-refractivity contribution is 6.34. The van der Waals surface area contributed by atoms with Gasteiger partial charge in [-0.05, 0) is 13.0 Å². The number of halogens is 1. The second kappa shape index (κ2) is 5.83. The summed E-state index contributed by atoms with van der Waals surface area (Å²) in [6, 6.07) is 5.37. The number of nitro groups is 1. The molecule has 22 heavy (non-hydrogen) atoms. The Bertz CT molecular complexity index is 822. The minimum atomic E-state index is -0.620.